The third-order valence-corrected chi connectivity index (χ3v) is 5.49. The lowest BCUT2D eigenvalue weighted by Gasteiger charge is -2.24. The molecule has 0 amide bonds. The summed E-state index contributed by atoms with van der Waals surface area (Å²) in [6.45, 7) is 0. The molecule has 0 saturated heterocycles. The molecular formula is C23H18N2O6. The molecule has 0 saturated carbocycles. The molecule has 31 heavy (non-hydrogen) atoms. The highest BCUT2D eigenvalue weighted by atomic mass is 16.5. The Morgan fingerprint density at radius 1 is 1.23 bits per heavy atom. The first kappa shape index (κ1) is 18.9. The van der Waals surface area contributed by atoms with Crippen LogP contribution in [-0.4, -0.2) is 28.0 Å². The molecule has 0 fully saturated rings. The van der Waals surface area contributed by atoms with E-state index in [0.717, 1.165) is 5.56 Å². The standard InChI is InChI=1S/C23H18N2O6/c1-25-10-12(9-24-25)14-7-19(27)31-18-8-16(26)21-22(28)15(11-30-23(21)20(14)18)13-5-3-4-6-17(13)29-2/h3-6,8-11,14,26H,7H2,1-2H3. The second-order valence-electron chi connectivity index (χ2n) is 7.37. The van der Waals surface area contributed by atoms with Crippen molar-refractivity contribution in [2.75, 3.05) is 7.11 Å². The molecule has 1 N–H and O–H groups in total. The number of phenolic OH excluding ortho intramolecular Hbond substituents is 1. The molecule has 0 aliphatic carbocycles. The minimum absolute atomic E-state index is 0.0222. The van der Waals surface area contributed by atoms with Crippen LogP contribution in [0.15, 0.2) is 58.2 Å². The lowest BCUT2D eigenvalue weighted by atomic mass is 9.86. The maximum absolute atomic E-state index is 13.4. The Bertz CT molecular complexity index is 1400. The van der Waals surface area contributed by atoms with E-state index >= 15 is 0 Å². The minimum atomic E-state index is -0.437. The number of aryl methyl sites for hydroxylation is 1. The van der Waals surface area contributed by atoms with Gasteiger partial charge >= 0.3 is 5.97 Å². The Labute approximate surface area is 176 Å². The first-order valence-corrected chi connectivity index (χ1v) is 9.62. The van der Waals surface area contributed by atoms with E-state index in [4.69, 9.17) is 13.9 Å². The summed E-state index contributed by atoms with van der Waals surface area (Å²) in [6.07, 6.45) is 4.87. The largest absolute Gasteiger partial charge is 0.507 e. The molecule has 2 aromatic carbocycles. The quantitative estimate of drug-likeness (QED) is 0.402. The number of aromatic nitrogens is 2. The summed E-state index contributed by atoms with van der Waals surface area (Å²) in [7, 11) is 3.29. The SMILES string of the molecule is COc1ccccc1-c1coc2c3c(cc(O)c2c1=O)OC(=O)CC3c1cnn(C)c1. The highest BCUT2D eigenvalue weighted by Gasteiger charge is 2.34. The van der Waals surface area contributed by atoms with E-state index in [1.54, 1.807) is 48.4 Å². The number of esters is 1. The van der Waals surface area contributed by atoms with E-state index < -0.39 is 17.3 Å². The van der Waals surface area contributed by atoms with Gasteiger partial charge in [-0.05, 0) is 11.6 Å². The maximum atomic E-state index is 13.4. The average Bonchev–Trinajstić information content (AvgIpc) is 3.19. The Hall–Kier alpha value is -4.07. The monoisotopic (exact) mass is 418 g/mol. The van der Waals surface area contributed by atoms with Gasteiger partial charge in [0.1, 0.15) is 34.5 Å². The number of hydrogen-bond donors (Lipinski definition) is 1. The second-order valence-corrected chi connectivity index (χ2v) is 7.37. The van der Waals surface area contributed by atoms with Crippen molar-refractivity contribution in [1.29, 1.82) is 0 Å². The molecular weight excluding hydrogens is 400 g/mol. The zero-order valence-electron chi connectivity index (χ0n) is 16.8. The Balaban J connectivity index is 1.80. The highest BCUT2D eigenvalue weighted by Crippen LogP contribution is 2.45. The van der Waals surface area contributed by atoms with Crippen molar-refractivity contribution in [2.45, 2.75) is 12.3 Å². The van der Waals surface area contributed by atoms with Crippen LogP contribution in [-0.2, 0) is 11.8 Å². The number of methoxy groups -OCH3 is 1. The number of ether oxygens (including phenoxy) is 2. The van der Waals surface area contributed by atoms with Gasteiger partial charge in [-0.2, -0.15) is 5.10 Å². The second kappa shape index (κ2) is 7.02. The van der Waals surface area contributed by atoms with Gasteiger partial charge in [0.25, 0.3) is 0 Å². The van der Waals surface area contributed by atoms with Gasteiger partial charge in [-0.3, -0.25) is 14.3 Å². The molecule has 156 valence electrons. The van der Waals surface area contributed by atoms with Crippen molar-refractivity contribution >= 4 is 16.9 Å². The number of carbonyl (C=O) groups is 1. The summed E-state index contributed by atoms with van der Waals surface area (Å²) in [5, 5.41) is 14.9. The smallest absolute Gasteiger partial charge is 0.312 e. The van der Waals surface area contributed by atoms with E-state index in [9.17, 15) is 14.7 Å². The van der Waals surface area contributed by atoms with Crippen molar-refractivity contribution < 1.29 is 23.8 Å². The van der Waals surface area contributed by atoms with E-state index in [0.29, 0.717) is 16.9 Å². The number of rotatable bonds is 3. The van der Waals surface area contributed by atoms with Crippen molar-refractivity contribution in [3.05, 3.63) is 70.3 Å². The molecule has 1 unspecified atom stereocenters. The summed E-state index contributed by atoms with van der Waals surface area (Å²) >= 11 is 0. The molecule has 8 nitrogen and oxygen atoms in total. The molecule has 0 spiro atoms. The molecule has 0 radical (unpaired) electrons. The van der Waals surface area contributed by atoms with E-state index in [1.165, 1.54) is 19.4 Å². The van der Waals surface area contributed by atoms with Crippen LogP contribution in [0.3, 0.4) is 0 Å². The zero-order chi connectivity index (χ0) is 21.7. The normalized spacial score (nSPS) is 15.5. The summed E-state index contributed by atoms with van der Waals surface area (Å²) < 4.78 is 18.3. The molecule has 2 aromatic heterocycles. The number of carbonyl (C=O) groups excluding carboxylic acids is 1. The van der Waals surface area contributed by atoms with Crippen molar-refractivity contribution in [1.82, 2.24) is 9.78 Å². The summed E-state index contributed by atoms with van der Waals surface area (Å²) in [4.78, 5) is 25.6. The predicted molar refractivity (Wildman–Crippen MR) is 111 cm³/mol. The number of hydrogen-bond acceptors (Lipinski definition) is 7. The Kier molecular flexibility index (Phi) is 4.28. The van der Waals surface area contributed by atoms with Crippen LogP contribution in [0.5, 0.6) is 17.2 Å². The van der Waals surface area contributed by atoms with Crippen LogP contribution in [0.2, 0.25) is 0 Å². The van der Waals surface area contributed by atoms with Crippen LogP contribution in [0.1, 0.15) is 23.5 Å². The van der Waals surface area contributed by atoms with Gasteiger partial charge in [-0.25, -0.2) is 0 Å². The number of para-hydroxylation sites is 1. The van der Waals surface area contributed by atoms with Crippen LogP contribution in [0.4, 0.5) is 0 Å². The lowest BCUT2D eigenvalue weighted by Crippen LogP contribution is -2.22. The fourth-order valence-electron chi connectivity index (χ4n) is 4.09. The van der Waals surface area contributed by atoms with Gasteiger partial charge in [0, 0.05) is 36.4 Å². The van der Waals surface area contributed by atoms with Crippen LogP contribution in [0, 0.1) is 0 Å². The number of benzene rings is 2. The molecule has 3 heterocycles. The number of nitrogens with zero attached hydrogens (tertiary/aromatic N) is 2. The van der Waals surface area contributed by atoms with Gasteiger partial charge < -0.3 is 19.0 Å². The number of phenols is 1. The van der Waals surface area contributed by atoms with Gasteiger partial charge in [0.2, 0.25) is 5.43 Å². The van der Waals surface area contributed by atoms with Crippen LogP contribution >= 0.6 is 0 Å². The molecule has 1 aliphatic rings. The molecule has 0 bridgehead atoms. The van der Waals surface area contributed by atoms with Gasteiger partial charge in [-0.1, -0.05) is 18.2 Å². The third-order valence-electron chi connectivity index (χ3n) is 5.49. The first-order valence-electron chi connectivity index (χ1n) is 9.62. The zero-order valence-corrected chi connectivity index (χ0v) is 16.8. The highest BCUT2D eigenvalue weighted by molar-refractivity contribution is 5.94. The average molecular weight is 418 g/mol. The summed E-state index contributed by atoms with van der Waals surface area (Å²) in [5.74, 6) is -0.502. The molecule has 1 aliphatic heterocycles. The van der Waals surface area contributed by atoms with Gasteiger partial charge in [-0.15, -0.1) is 0 Å². The first-order chi connectivity index (χ1) is 15.0. The summed E-state index contributed by atoms with van der Waals surface area (Å²) in [5.41, 5.74) is 1.89. The van der Waals surface area contributed by atoms with Gasteiger partial charge in [0.15, 0.2) is 0 Å². The van der Waals surface area contributed by atoms with Crippen LogP contribution in [0.25, 0.3) is 22.1 Å². The van der Waals surface area contributed by atoms with Crippen molar-refractivity contribution in [3.63, 3.8) is 0 Å². The van der Waals surface area contributed by atoms with Crippen LogP contribution < -0.4 is 14.9 Å². The Morgan fingerprint density at radius 3 is 2.77 bits per heavy atom. The number of fused-ring (bicyclic) bond motifs is 3. The predicted octanol–water partition coefficient (Wildman–Crippen LogP) is 3.35. The van der Waals surface area contributed by atoms with Crippen molar-refractivity contribution in [2.24, 2.45) is 7.05 Å². The fourth-order valence-corrected chi connectivity index (χ4v) is 4.09. The fraction of sp³-hybridized carbons (Fsp3) is 0.174. The number of aromatic hydroxyl groups is 1. The molecule has 1 atom stereocenters. The summed E-state index contributed by atoms with van der Waals surface area (Å²) in [6, 6.07) is 8.36. The van der Waals surface area contributed by atoms with E-state index in [-0.39, 0.29) is 34.5 Å². The third kappa shape index (κ3) is 2.95. The topological polar surface area (TPSA) is 104 Å². The minimum Gasteiger partial charge on any atom is -0.507 e. The van der Waals surface area contributed by atoms with E-state index in [1.807, 2.05) is 0 Å². The lowest BCUT2D eigenvalue weighted by molar-refractivity contribution is -0.135. The molecule has 8 heteroatoms. The Morgan fingerprint density at radius 2 is 2.03 bits per heavy atom. The van der Waals surface area contributed by atoms with E-state index in [2.05, 4.69) is 5.10 Å². The molecule has 5 rings (SSSR count). The van der Waals surface area contributed by atoms with Crippen molar-refractivity contribution in [3.8, 4) is 28.4 Å². The molecule has 4 aromatic rings. The van der Waals surface area contributed by atoms with Gasteiger partial charge in [0.05, 0.1) is 25.3 Å². The maximum Gasteiger partial charge on any atom is 0.312 e.